The summed E-state index contributed by atoms with van der Waals surface area (Å²) >= 11 is 3.47. The molecule has 0 fully saturated rings. The summed E-state index contributed by atoms with van der Waals surface area (Å²) in [7, 11) is 0. The lowest BCUT2D eigenvalue weighted by Crippen LogP contribution is -2.16. The van der Waals surface area contributed by atoms with E-state index in [1.807, 2.05) is 6.07 Å². The molecule has 0 N–H and O–H groups in total. The van der Waals surface area contributed by atoms with Crippen LogP contribution in [0.2, 0.25) is 0 Å². The van der Waals surface area contributed by atoms with Crippen molar-refractivity contribution in [3.8, 4) is 17.2 Å². The molecule has 26 heavy (non-hydrogen) atoms. The molecule has 1 aliphatic heterocycles. The van der Waals surface area contributed by atoms with Crippen molar-refractivity contribution in [3.05, 3.63) is 58.3 Å². The highest BCUT2D eigenvalue weighted by Crippen LogP contribution is 2.35. The molecule has 0 unspecified atom stereocenters. The topological polar surface area (TPSA) is 88.4 Å². The largest absolute Gasteiger partial charge is 0.486 e. The predicted molar refractivity (Wildman–Crippen MR) is 93.4 cm³/mol. The van der Waals surface area contributed by atoms with Crippen LogP contribution in [0.15, 0.2) is 47.2 Å². The monoisotopic (exact) mass is 416 g/mol. The first-order valence-corrected chi connectivity index (χ1v) is 8.59. The van der Waals surface area contributed by atoms with Gasteiger partial charge in [-0.05, 0) is 34.7 Å². The number of fused-ring (bicyclic) bond motifs is 1. The van der Waals surface area contributed by atoms with Crippen molar-refractivity contribution in [1.29, 1.82) is 0 Å². The number of hydrogen-bond donors (Lipinski definition) is 0. The zero-order valence-corrected chi connectivity index (χ0v) is 15.0. The summed E-state index contributed by atoms with van der Waals surface area (Å²) in [4.78, 5) is 12.6. The number of tetrazole rings is 1. The second-order valence-corrected chi connectivity index (χ2v) is 6.29. The standard InChI is InChI=1S/C17H13BrN4O4/c18-13-8-16-15(24-5-6-25-16)7-11(13)9-26-17(23)12-3-1-2-4-14(12)22-10-19-20-21-22/h1-4,7-8,10H,5-6,9H2. The van der Waals surface area contributed by atoms with E-state index in [9.17, 15) is 4.79 Å². The van der Waals surface area contributed by atoms with Crippen molar-refractivity contribution in [2.75, 3.05) is 13.2 Å². The second-order valence-electron chi connectivity index (χ2n) is 5.43. The number of aromatic nitrogens is 4. The molecule has 0 radical (unpaired) electrons. The van der Waals surface area contributed by atoms with Gasteiger partial charge in [-0.3, -0.25) is 0 Å². The van der Waals surface area contributed by atoms with E-state index in [1.54, 1.807) is 30.3 Å². The minimum absolute atomic E-state index is 0.0833. The Labute approximate surface area is 156 Å². The van der Waals surface area contributed by atoms with Gasteiger partial charge in [0.1, 0.15) is 26.1 Å². The molecule has 0 aliphatic carbocycles. The van der Waals surface area contributed by atoms with Crippen LogP contribution in [0.1, 0.15) is 15.9 Å². The minimum Gasteiger partial charge on any atom is -0.486 e. The van der Waals surface area contributed by atoms with Gasteiger partial charge in [0, 0.05) is 10.0 Å². The molecule has 2 aromatic carbocycles. The molecule has 3 aromatic rings. The van der Waals surface area contributed by atoms with Crippen LogP contribution >= 0.6 is 15.9 Å². The van der Waals surface area contributed by atoms with E-state index >= 15 is 0 Å². The number of hydrogen-bond acceptors (Lipinski definition) is 7. The molecule has 8 nitrogen and oxygen atoms in total. The van der Waals surface area contributed by atoms with Crippen LogP contribution in [-0.4, -0.2) is 39.4 Å². The number of halogens is 1. The Balaban J connectivity index is 1.54. The molecule has 1 aromatic heterocycles. The van der Waals surface area contributed by atoms with Gasteiger partial charge in [0.15, 0.2) is 11.5 Å². The van der Waals surface area contributed by atoms with Gasteiger partial charge in [-0.2, -0.15) is 4.68 Å². The molecule has 4 rings (SSSR count). The van der Waals surface area contributed by atoms with Gasteiger partial charge < -0.3 is 14.2 Å². The van der Waals surface area contributed by atoms with Crippen molar-refractivity contribution in [3.63, 3.8) is 0 Å². The molecule has 132 valence electrons. The first kappa shape index (κ1) is 16.5. The first-order chi connectivity index (χ1) is 12.7. The molecule has 0 bridgehead atoms. The molecule has 1 aliphatic rings. The summed E-state index contributed by atoms with van der Waals surface area (Å²) in [5, 5.41) is 11.0. The van der Waals surface area contributed by atoms with Crippen LogP contribution in [0.4, 0.5) is 0 Å². The zero-order valence-electron chi connectivity index (χ0n) is 13.5. The molecule has 0 saturated heterocycles. The van der Waals surface area contributed by atoms with Crippen LogP contribution in [0.3, 0.4) is 0 Å². The molecule has 0 atom stereocenters. The Morgan fingerprint density at radius 3 is 2.73 bits per heavy atom. The Morgan fingerprint density at radius 2 is 1.96 bits per heavy atom. The van der Waals surface area contributed by atoms with Crippen LogP contribution in [-0.2, 0) is 11.3 Å². The van der Waals surface area contributed by atoms with Gasteiger partial charge in [-0.25, -0.2) is 4.79 Å². The lowest BCUT2D eigenvalue weighted by molar-refractivity contribution is 0.0471. The van der Waals surface area contributed by atoms with Gasteiger partial charge in [0.05, 0.1) is 11.3 Å². The number of para-hydroxylation sites is 1. The smallest absolute Gasteiger partial charge is 0.340 e. The number of carbonyl (C=O) groups excluding carboxylic acids is 1. The van der Waals surface area contributed by atoms with E-state index in [0.29, 0.717) is 36.0 Å². The fraction of sp³-hybridized carbons (Fsp3) is 0.176. The summed E-state index contributed by atoms with van der Waals surface area (Å²) in [6, 6.07) is 10.6. The van der Waals surface area contributed by atoms with E-state index < -0.39 is 5.97 Å². The average molecular weight is 417 g/mol. The van der Waals surface area contributed by atoms with Gasteiger partial charge in [-0.15, -0.1) is 5.10 Å². The van der Waals surface area contributed by atoms with E-state index in [1.165, 1.54) is 11.0 Å². The maximum atomic E-state index is 12.6. The SMILES string of the molecule is O=C(OCc1cc2c(cc1Br)OCCO2)c1ccccc1-n1cnnn1. The predicted octanol–water partition coefficient (Wildman–Crippen LogP) is 2.55. The number of nitrogens with zero attached hydrogens (tertiary/aromatic N) is 4. The third-order valence-electron chi connectivity index (χ3n) is 3.79. The van der Waals surface area contributed by atoms with Crippen LogP contribution < -0.4 is 9.47 Å². The highest BCUT2D eigenvalue weighted by molar-refractivity contribution is 9.10. The van der Waals surface area contributed by atoms with E-state index in [-0.39, 0.29) is 6.61 Å². The van der Waals surface area contributed by atoms with Gasteiger partial charge in [0.2, 0.25) is 0 Å². The highest BCUT2D eigenvalue weighted by Gasteiger charge is 2.18. The Bertz CT molecular complexity index is 946. The van der Waals surface area contributed by atoms with Crippen molar-refractivity contribution < 1.29 is 19.0 Å². The van der Waals surface area contributed by atoms with Crippen LogP contribution in [0, 0.1) is 0 Å². The fourth-order valence-electron chi connectivity index (χ4n) is 2.56. The molecule has 0 amide bonds. The molecule has 2 heterocycles. The summed E-state index contributed by atoms with van der Waals surface area (Å²) in [5.74, 6) is 0.833. The lowest BCUT2D eigenvalue weighted by Gasteiger charge is -2.20. The third-order valence-corrected chi connectivity index (χ3v) is 4.53. The summed E-state index contributed by atoms with van der Waals surface area (Å²) in [5.41, 5.74) is 1.69. The fourth-order valence-corrected chi connectivity index (χ4v) is 2.99. The maximum absolute atomic E-state index is 12.6. The molecule has 0 spiro atoms. The van der Waals surface area contributed by atoms with Gasteiger partial charge >= 0.3 is 5.97 Å². The van der Waals surface area contributed by atoms with Crippen molar-refractivity contribution >= 4 is 21.9 Å². The Morgan fingerprint density at radius 1 is 1.19 bits per heavy atom. The summed E-state index contributed by atoms with van der Waals surface area (Å²) in [6.07, 6.45) is 1.42. The normalized spacial score (nSPS) is 12.7. The number of benzene rings is 2. The van der Waals surface area contributed by atoms with E-state index in [0.717, 1.165) is 10.0 Å². The molecule has 9 heteroatoms. The summed E-state index contributed by atoms with van der Waals surface area (Å²) < 4.78 is 18.8. The Hall–Kier alpha value is -2.94. The Kier molecular flexibility index (Phi) is 4.53. The molecule has 0 saturated carbocycles. The molecular weight excluding hydrogens is 404 g/mol. The average Bonchev–Trinajstić information content (AvgIpc) is 3.20. The minimum atomic E-state index is -0.474. The van der Waals surface area contributed by atoms with Gasteiger partial charge in [0.25, 0.3) is 0 Å². The lowest BCUT2D eigenvalue weighted by atomic mass is 10.1. The molecular formula is C17H13BrN4O4. The summed E-state index contributed by atoms with van der Waals surface area (Å²) in [6.45, 7) is 1.09. The zero-order chi connectivity index (χ0) is 17.9. The van der Waals surface area contributed by atoms with Gasteiger partial charge in [-0.1, -0.05) is 28.1 Å². The van der Waals surface area contributed by atoms with Crippen LogP contribution in [0.25, 0.3) is 5.69 Å². The van der Waals surface area contributed by atoms with Crippen molar-refractivity contribution in [2.24, 2.45) is 0 Å². The number of ether oxygens (including phenoxy) is 3. The van der Waals surface area contributed by atoms with Crippen LogP contribution in [0.5, 0.6) is 11.5 Å². The maximum Gasteiger partial charge on any atom is 0.340 e. The number of esters is 1. The number of carbonyl (C=O) groups is 1. The third kappa shape index (κ3) is 3.25. The first-order valence-electron chi connectivity index (χ1n) is 7.80. The highest BCUT2D eigenvalue weighted by atomic mass is 79.9. The second kappa shape index (κ2) is 7.12. The number of rotatable bonds is 4. The van der Waals surface area contributed by atoms with E-state index in [2.05, 4.69) is 31.5 Å². The van der Waals surface area contributed by atoms with Crippen molar-refractivity contribution in [1.82, 2.24) is 20.2 Å². The quantitative estimate of drug-likeness (QED) is 0.603. The van der Waals surface area contributed by atoms with Crippen molar-refractivity contribution in [2.45, 2.75) is 6.61 Å². The van der Waals surface area contributed by atoms with E-state index in [4.69, 9.17) is 14.2 Å².